The van der Waals surface area contributed by atoms with Gasteiger partial charge < -0.3 is 9.26 Å². The van der Waals surface area contributed by atoms with Gasteiger partial charge in [0.2, 0.25) is 0 Å². The van der Waals surface area contributed by atoms with E-state index in [-0.39, 0.29) is 6.61 Å². The highest BCUT2D eigenvalue weighted by Crippen LogP contribution is 2.29. The molecule has 0 spiro atoms. The first-order valence-electron chi connectivity index (χ1n) is 8.86. The summed E-state index contributed by atoms with van der Waals surface area (Å²) in [5.41, 5.74) is 1.63. The number of benzene rings is 1. The standard InChI is InChI=1S/C20H21N3O5S/c1-12-16(13(2)28-21-12)11-29-17-8-6-5-7-15(17)19(25)27-10-14-9-18(24)23(4)20(26)22(14)3/h5-9H,10-11H2,1-4H3. The molecule has 0 radical (unpaired) electrons. The highest BCUT2D eigenvalue weighted by molar-refractivity contribution is 7.98. The molecule has 1 aromatic carbocycles. The number of nitrogens with zero attached hydrogens (tertiary/aromatic N) is 3. The van der Waals surface area contributed by atoms with Crippen LogP contribution in [0.15, 0.2) is 49.3 Å². The first kappa shape index (κ1) is 20.7. The summed E-state index contributed by atoms with van der Waals surface area (Å²) in [6, 6.07) is 8.41. The Labute approximate surface area is 171 Å². The lowest BCUT2D eigenvalue weighted by Gasteiger charge is -2.12. The van der Waals surface area contributed by atoms with Crippen molar-refractivity contribution < 1.29 is 14.1 Å². The van der Waals surface area contributed by atoms with Gasteiger partial charge in [-0.25, -0.2) is 9.59 Å². The van der Waals surface area contributed by atoms with E-state index in [1.807, 2.05) is 26.0 Å². The molecule has 0 saturated carbocycles. The van der Waals surface area contributed by atoms with Crippen LogP contribution in [0.25, 0.3) is 0 Å². The minimum Gasteiger partial charge on any atom is -0.456 e. The van der Waals surface area contributed by atoms with Crippen molar-refractivity contribution in [3.05, 3.63) is 79.4 Å². The molecule has 0 fully saturated rings. The largest absolute Gasteiger partial charge is 0.456 e. The van der Waals surface area contributed by atoms with E-state index < -0.39 is 17.2 Å². The maximum atomic E-state index is 12.6. The van der Waals surface area contributed by atoms with E-state index in [1.54, 1.807) is 12.1 Å². The van der Waals surface area contributed by atoms with E-state index in [2.05, 4.69) is 5.16 Å². The third-order valence-corrected chi connectivity index (χ3v) is 5.74. The van der Waals surface area contributed by atoms with Gasteiger partial charge in [-0.1, -0.05) is 17.3 Å². The van der Waals surface area contributed by atoms with Gasteiger partial charge in [0.1, 0.15) is 12.4 Å². The zero-order chi connectivity index (χ0) is 21.1. The smallest absolute Gasteiger partial charge is 0.339 e. The lowest BCUT2D eigenvalue weighted by atomic mass is 10.2. The molecule has 0 amide bonds. The van der Waals surface area contributed by atoms with Crippen molar-refractivity contribution in [1.82, 2.24) is 14.3 Å². The van der Waals surface area contributed by atoms with Gasteiger partial charge in [-0.2, -0.15) is 0 Å². The lowest BCUT2D eigenvalue weighted by molar-refractivity contribution is 0.0458. The molecule has 3 aromatic rings. The lowest BCUT2D eigenvalue weighted by Crippen LogP contribution is -2.38. The summed E-state index contributed by atoms with van der Waals surface area (Å²) in [6.07, 6.45) is 0. The summed E-state index contributed by atoms with van der Waals surface area (Å²) in [4.78, 5) is 37.2. The van der Waals surface area contributed by atoms with Crippen LogP contribution in [0.5, 0.6) is 0 Å². The number of hydrogen-bond donors (Lipinski definition) is 0. The summed E-state index contributed by atoms with van der Waals surface area (Å²) < 4.78 is 12.8. The molecule has 0 bridgehead atoms. The summed E-state index contributed by atoms with van der Waals surface area (Å²) in [7, 11) is 2.92. The average molecular weight is 415 g/mol. The van der Waals surface area contributed by atoms with Crippen molar-refractivity contribution in [3.8, 4) is 0 Å². The Bertz CT molecular complexity index is 1160. The van der Waals surface area contributed by atoms with Crippen LogP contribution in [0.2, 0.25) is 0 Å². The topological polar surface area (TPSA) is 96.3 Å². The third kappa shape index (κ3) is 4.34. The summed E-state index contributed by atoms with van der Waals surface area (Å²) in [5.74, 6) is 0.830. The van der Waals surface area contributed by atoms with E-state index in [4.69, 9.17) is 9.26 Å². The SMILES string of the molecule is Cc1noc(C)c1CSc1ccccc1C(=O)OCc1cc(=O)n(C)c(=O)n1C. The molecule has 0 N–H and O–H groups in total. The van der Waals surface area contributed by atoms with E-state index in [9.17, 15) is 14.4 Å². The van der Waals surface area contributed by atoms with E-state index in [0.29, 0.717) is 17.0 Å². The fourth-order valence-corrected chi connectivity index (χ4v) is 3.95. The van der Waals surface area contributed by atoms with Crippen LogP contribution < -0.4 is 11.2 Å². The van der Waals surface area contributed by atoms with Gasteiger partial charge >= 0.3 is 11.7 Å². The molecule has 0 aliphatic rings. The molecule has 0 aliphatic heterocycles. The summed E-state index contributed by atoms with van der Waals surface area (Å²) in [6.45, 7) is 3.55. The molecule has 0 unspecified atom stereocenters. The molecule has 29 heavy (non-hydrogen) atoms. The van der Waals surface area contributed by atoms with Crippen LogP contribution >= 0.6 is 11.8 Å². The van der Waals surface area contributed by atoms with Crippen molar-refractivity contribution in [2.45, 2.75) is 31.1 Å². The van der Waals surface area contributed by atoms with Gasteiger partial charge in [-0.05, 0) is 26.0 Å². The second-order valence-electron chi connectivity index (χ2n) is 6.54. The number of carbonyl (C=O) groups excluding carboxylic acids is 1. The number of aromatic nitrogens is 3. The van der Waals surface area contributed by atoms with E-state index >= 15 is 0 Å². The normalized spacial score (nSPS) is 10.9. The molecular weight excluding hydrogens is 394 g/mol. The Balaban J connectivity index is 1.75. The third-order valence-electron chi connectivity index (χ3n) is 4.64. The van der Waals surface area contributed by atoms with Crippen molar-refractivity contribution in [2.24, 2.45) is 14.1 Å². The molecule has 152 valence electrons. The number of carbonyl (C=O) groups is 1. The van der Waals surface area contributed by atoms with E-state index in [1.165, 1.54) is 36.5 Å². The van der Waals surface area contributed by atoms with Crippen LogP contribution in [0, 0.1) is 13.8 Å². The Hall–Kier alpha value is -3.07. The number of esters is 1. The number of rotatable bonds is 6. The van der Waals surface area contributed by atoms with Crippen molar-refractivity contribution in [1.29, 1.82) is 0 Å². The number of hydrogen-bond acceptors (Lipinski definition) is 7. The molecule has 0 atom stereocenters. The second-order valence-corrected chi connectivity index (χ2v) is 7.56. The maximum Gasteiger partial charge on any atom is 0.339 e. The first-order valence-corrected chi connectivity index (χ1v) is 9.84. The highest BCUT2D eigenvalue weighted by Gasteiger charge is 2.16. The van der Waals surface area contributed by atoms with Gasteiger partial charge in [0.15, 0.2) is 0 Å². The molecule has 2 heterocycles. The molecule has 3 rings (SSSR count). The zero-order valence-corrected chi connectivity index (χ0v) is 17.4. The van der Waals surface area contributed by atoms with Crippen molar-refractivity contribution in [2.75, 3.05) is 0 Å². The molecule has 9 heteroatoms. The maximum absolute atomic E-state index is 12.6. The van der Waals surface area contributed by atoms with Gasteiger partial charge in [-0.3, -0.25) is 13.9 Å². The Morgan fingerprint density at radius 3 is 2.59 bits per heavy atom. The van der Waals surface area contributed by atoms with Gasteiger partial charge in [-0.15, -0.1) is 11.8 Å². The minimum atomic E-state index is -0.528. The van der Waals surface area contributed by atoms with Crippen LogP contribution in [-0.4, -0.2) is 20.3 Å². The van der Waals surface area contributed by atoms with Gasteiger partial charge in [0.05, 0.1) is 17.0 Å². The quantitative estimate of drug-likeness (QED) is 0.450. The average Bonchev–Trinajstić information content (AvgIpc) is 3.04. The predicted molar refractivity (Wildman–Crippen MR) is 108 cm³/mol. The van der Waals surface area contributed by atoms with Crippen LogP contribution in [0.1, 0.15) is 33.1 Å². The zero-order valence-electron chi connectivity index (χ0n) is 16.6. The van der Waals surface area contributed by atoms with Crippen LogP contribution in [-0.2, 0) is 31.2 Å². The first-order chi connectivity index (χ1) is 13.8. The minimum absolute atomic E-state index is 0.177. The monoisotopic (exact) mass is 415 g/mol. The Morgan fingerprint density at radius 1 is 1.17 bits per heavy atom. The second kappa shape index (κ2) is 8.52. The molecule has 0 aliphatic carbocycles. The number of aryl methyl sites for hydroxylation is 2. The Morgan fingerprint density at radius 2 is 1.90 bits per heavy atom. The summed E-state index contributed by atoms with van der Waals surface area (Å²) >= 11 is 1.48. The number of thioether (sulfide) groups is 1. The van der Waals surface area contributed by atoms with Gasteiger partial charge in [0, 0.05) is 36.4 Å². The molecular formula is C20H21N3O5S. The molecule has 8 nitrogen and oxygen atoms in total. The fraction of sp³-hybridized carbons (Fsp3) is 0.300. The van der Waals surface area contributed by atoms with Gasteiger partial charge in [0.25, 0.3) is 5.56 Å². The van der Waals surface area contributed by atoms with Crippen LogP contribution in [0.3, 0.4) is 0 Å². The molecule has 0 saturated heterocycles. The number of ether oxygens (including phenoxy) is 1. The van der Waals surface area contributed by atoms with Crippen LogP contribution in [0.4, 0.5) is 0 Å². The predicted octanol–water partition coefficient (Wildman–Crippen LogP) is 2.34. The van der Waals surface area contributed by atoms with Crippen molar-refractivity contribution >= 4 is 17.7 Å². The van der Waals surface area contributed by atoms with Crippen molar-refractivity contribution in [3.63, 3.8) is 0 Å². The van der Waals surface area contributed by atoms with E-state index in [0.717, 1.165) is 26.5 Å². The molecule has 2 aromatic heterocycles. The Kier molecular flexibility index (Phi) is 6.07. The highest BCUT2D eigenvalue weighted by atomic mass is 32.2. The summed E-state index contributed by atoms with van der Waals surface area (Å²) in [5, 5.41) is 3.94. The fourth-order valence-electron chi connectivity index (χ4n) is 2.75.